The Labute approximate surface area is 151 Å². The smallest absolute Gasteiger partial charge is 0.394 e. The van der Waals surface area contributed by atoms with Gasteiger partial charge in [0.2, 0.25) is 0 Å². The van der Waals surface area contributed by atoms with E-state index in [1.54, 1.807) is 0 Å². The molecule has 0 radical (unpaired) electrons. The van der Waals surface area contributed by atoms with Gasteiger partial charge in [0, 0.05) is 11.9 Å². The van der Waals surface area contributed by atoms with Gasteiger partial charge in [-0.1, -0.05) is 44.2 Å². The van der Waals surface area contributed by atoms with Gasteiger partial charge in [0.1, 0.15) is 0 Å². The van der Waals surface area contributed by atoms with Gasteiger partial charge >= 0.3 is 12.8 Å². The molecule has 2 N–H and O–H groups in total. The highest BCUT2D eigenvalue weighted by Gasteiger charge is 2.81. The van der Waals surface area contributed by atoms with Crippen LogP contribution in [0.4, 0.5) is 0 Å². The molecular formula is C20H28BN2O2+. The third kappa shape index (κ3) is 2.31. The van der Waals surface area contributed by atoms with Crippen molar-refractivity contribution in [2.24, 2.45) is 23.0 Å². The zero-order valence-electron chi connectivity index (χ0n) is 15.4. The van der Waals surface area contributed by atoms with Crippen molar-refractivity contribution < 1.29 is 9.31 Å². The molecule has 1 aromatic rings. The Balaban J connectivity index is 1.50. The van der Waals surface area contributed by atoms with Crippen molar-refractivity contribution in [3.63, 3.8) is 0 Å². The second-order valence-corrected chi connectivity index (χ2v) is 8.82. The van der Waals surface area contributed by atoms with Crippen molar-refractivity contribution in [1.29, 1.82) is 0 Å². The Kier molecular flexibility index (Phi) is 3.81. The summed E-state index contributed by atoms with van der Waals surface area (Å²) in [5.74, 6) is 0.791. The van der Waals surface area contributed by atoms with Gasteiger partial charge in [-0.2, -0.15) is 0 Å². The summed E-state index contributed by atoms with van der Waals surface area (Å²) in [4.78, 5) is 4.21. The van der Waals surface area contributed by atoms with Crippen LogP contribution in [0.2, 0.25) is 0 Å². The number of rotatable bonds is 4. The molecule has 1 aliphatic heterocycles. The van der Waals surface area contributed by atoms with E-state index in [0.29, 0.717) is 11.8 Å². The lowest BCUT2D eigenvalue weighted by Crippen LogP contribution is -2.70. The summed E-state index contributed by atoms with van der Waals surface area (Å²) in [5.41, 5.74) is 6.74. The molecule has 5 atom stereocenters. The van der Waals surface area contributed by atoms with E-state index < -0.39 is 18.4 Å². The molecule has 0 spiro atoms. The van der Waals surface area contributed by atoms with Gasteiger partial charge in [0.25, 0.3) is 6.57 Å². The second-order valence-electron chi connectivity index (χ2n) is 8.82. The van der Waals surface area contributed by atoms with Gasteiger partial charge in [0.05, 0.1) is 6.42 Å². The normalized spacial score (nSPS) is 39.2. The minimum absolute atomic E-state index is 0.193. The molecule has 1 heterocycles. The fourth-order valence-electron chi connectivity index (χ4n) is 5.40. The van der Waals surface area contributed by atoms with Crippen molar-refractivity contribution in [1.82, 2.24) is 0 Å². The van der Waals surface area contributed by atoms with E-state index >= 15 is 0 Å². The summed E-state index contributed by atoms with van der Waals surface area (Å²) in [6, 6.07) is 10.4. The third-order valence-electron chi connectivity index (χ3n) is 7.27. The summed E-state index contributed by atoms with van der Waals surface area (Å²) in [7, 11) is -0.448. The van der Waals surface area contributed by atoms with E-state index in [1.165, 1.54) is 5.56 Å². The molecule has 3 aliphatic carbocycles. The average molecular weight is 339 g/mol. The fraction of sp³-hybridized carbons (Fsp3) is 0.650. The van der Waals surface area contributed by atoms with E-state index in [2.05, 4.69) is 49.9 Å². The maximum Gasteiger partial charge on any atom is 0.481 e. The van der Waals surface area contributed by atoms with Gasteiger partial charge in [-0.15, -0.1) is 0 Å². The quantitative estimate of drug-likeness (QED) is 0.854. The molecule has 4 aliphatic rings. The van der Waals surface area contributed by atoms with Gasteiger partial charge in [-0.25, -0.2) is 0 Å². The van der Waals surface area contributed by atoms with Crippen LogP contribution in [0.25, 0.3) is 4.85 Å². The minimum atomic E-state index is -0.745. The first-order valence-corrected chi connectivity index (χ1v) is 9.39. The average Bonchev–Trinajstić information content (AvgIpc) is 2.94. The zero-order chi connectivity index (χ0) is 17.9. The molecule has 0 aromatic heterocycles. The molecule has 5 rings (SSSR count). The van der Waals surface area contributed by atoms with Crippen LogP contribution in [0.1, 0.15) is 45.6 Å². The van der Waals surface area contributed by atoms with Gasteiger partial charge < -0.3 is 15.0 Å². The maximum atomic E-state index is 6.46. The minimum Gasteiger partial charge on any atom is -0.394 e. The van der Waals surface area contributed by atoms with Crippen LogP contribution >= 0.6 is 0 Å². The predicted molar refractivity (Wildman–Crippen MR) is 100 cm³/mol. The van der Waals surface area contributed by atoms with Gasteiger partial charge in [-0.3, -0.25) is 0 Å². The molecule has 5 heteroatoms. The molecular weight excluding hydrogens is 311 g/mol. The van der Waals surface area contributed by atoms with Crippen LogP contribution in [0.3, 0.4) is 0 Å². The molecule has 0 unspecified atom stereocenters. The molecule has 25 heavy (non-hydrogen) atoms. The molecule has 4 fully saturated rings. The van der Waals surface area contributed by atoms with Crippen LogP contribution in [-0.2, 0) is 15.7 Å². The van der Waals surface area contributed by atoms with Crippen molar-refractivity contribution in [3.8, 4) is 6.57 Å². The number of nitrogens with two attached hydrogens (primary N) is 1. The van der Waals surface area contributed by atoms with Crippen molar-refractivity contribution in [3.05, 3.63) is 40.7 Å². The lowest BCUT2D eigenvalue weighted by atomic mass is 9.42. The first-order valence-electron chi connectivity index (χ1n) is 9.39. The number of nitrogens with zero attached hydrogens (tertiary/aromatic N) is 1. The van der Waals surface area contributed by atoms with Crippen LogP contribution in [0, 0.1) is 23.8 Å². The summed E-state index contributed by atoms with van der Waals surface area (Å²) in [6.45, 7) is 12.6. The molecule has 0 amide bonds. The summed E-state index contributed by atoms with van der Waals surface area (Å²) < 4.78 is 12.8. The molecule has 4 nitrogen and oxygen atoms in total. The van der Waals surface area contributed by atoms with E-state index in [1.807, 2.05) is 6.07 Å². The Morgan fingerprint density at radius 1 is 1.28 bits per heavy atom. The first-order chi connectivity index (χ1) is 11.8. The largest absolute Gasteiger partial charge is 0.481 e. The molecule has 132 valence electrons. The number of aryl methyl sites for hydroxylation is 1. The Hall–Kier alpha value is -1.35. The summed E-state index contributed by atoms with van der Waals surface area (Å²) in [5, 5.41) is 0. The zero-order valence-corrected chi connectivity index (χ0v) is 15.4. The standard InChI is InChI=1S/C20H28BN2O2/c1-18(2)15-12-16(18)19(3)20(13-15,23-4)25-21(24-19)17(22)11-10-14-8-6-5-7-9-14/h4-9,15-17H,10-13,22H2,1-3H3/q+1/t15-,16-,17-,19-,20+/m0/s1. The SMILES string of the molecule is C#[N+][C@@]12C[C@@H]3C[C@@H](C3(C)C)[C@]1(C)OB([C@@H](N)CCc1ccccc1)O2. The van der Waals surface area contributed by atoms with E-state index in [4.69, 9.17) is 21.6 Å². The lowest BCUT2D eigenvalue weighted by Gasteiger charge is -2.63. The molecule has 1 saturated heterocycles. The highest BCUT2D eigenvalue weighted by Crippen LogP contribution is 2.69. The molecule has 1 aromatic carbocycles. The lowest BCUT2D eigenvalue weighted by molar-refractivity contribution is -0.226. The van der Waals surface area contributed by atoms with E-state index in [9.17, 15) is 0 Å². The number of benzene rings is 1. The van der Waals surface area contributed by atoms with Crippen molar-refractivity contribution >= 4 is 7.12 Å². The fourth-order valence-corrected chi connectivity index (χ4v) is 5.40. The topological polar surface area (TPSA) is 48.8 Å². The van der Waals surface area contributed by atoms with Gasteiger partial charge in [0.15, 0.2) is 5.60 Å². The first kappa shape index (κ1) is 17.1. The predicted octanol–water partition coefficient (Wildman–Crippen LogP) is 3.50. The van der Waals surface area contributed by atoms with Crippen molar-refractivity contribution in [2.75, 3.05) is 0 Å². The van der Waals surface area contributed by atoms with Crippen LogP contribution < -0.4 is 5.73 Å². The summed E-state index contributed by atoms with van der Waals surface area (Å²) >= 11 is 0. The molecule has 2 bridgehead atoms. The van der Waals surface area contributed by atoms with Crippen molar-refractivity contribution in [2.45, 2.75) is 63.7 Å². The molecule has 3 saturated carbocycles. The monoisotopic (exact) mass is 339 g/mol. The van der Waals surface area contributed by atoms with E-state index in [-0.39, 0.29) is 11.4 Å². The Bertz CT molecular complexity index is 703. The highest BCUT2D eigenvalue weighted by molar-refractivity contribution is 6.47. The van der Waals surface area contributed by atoms with E-state index in [0.717, 1.165) is 25.7 Å². The maximum absolute atomic E-state index is 6.46. The summed E-state index contributed by atoms with van der Waals surface area (Å²) in [6.07, 6.45) is 3.71. The van der Waals surface area contributed by atoms with Gasteiger partial charge in [-0.05, 0) is 47.9 Å². The van der Waals surface area contributed by atoms with Crippen LogP contribution in [-0.4, -0.2) is 24.4 Å². The third-order valence-corrected chi connectivity index (χ3v) is 7.27. The Morgan fingerprint density at radius 3 is 2.64 bits per heavy atom. The highest BCUT2D eigenvalue weighted by atomic mass is 16.7. The van der Waals surface area contributed by atoms with Crippen LogP contribution in [0.5, 0.6) is 0 Å². The number of hydrogen-bond donors (Lipinski definition) is 1. The Morgan fingerprint density at radius 2 is 2.00 bits per heavy atom. The van der Waals surface area contributed by atoms with Crippen LogP contribution in [0.15, 0.2) is 30.3 Å². The number of hydrogen-bond acceptors (Lipinski definition) is 3. The second kappa shape index (κ2) is 5.57.